The lowest BCUT2D eigenvalue weighted by Gasteiger charge is -2.36. The number of benzene rings is 1. The predicted octanol–water partition coefficient (Wildman–Crippen LogP) is 3.67. The van der Waals surface area contributed by atoms with Crippen LogP contribution >= 0.6 is 0 Å². The third kappa shape index (κ3) is 4.74. The fourth-order valence-corrected chi connectivity index (χ4v) is 3.64. The third-order valence-electron chi connectivity index (χ3n) is 5.10. The minimum absolute atomic E-state index is 0.207. The molecule has 1 aromatic heterocycles. The van der Waals surface area contributed by atoms with Gasteiger partial charge in [-0.3, -0.25) is 4.79 Å². The number of hydrogen-bond donors (Lipinski definition) is 1. The van der Waals surface area contributed by atoms with Gasteiger partial charge in [0.05, 0.1) is 11.3 Å². The van der Waals surface area contributed by atoms with Gasteiger partial charge in [0.1, 0.15) is 6.33 Å². The Labute approximate surface area is 165 Å². The first kappa shape index (κ1) is 20.0. The molecule has 2 heterocycles. The van der Waals surface area contributed by atoms with Crippen LogP contribution in [0.1, 0.15) is 49.7 Å². The van der Waals surface area contributed by atoms with E-state index in [0.29, 0.717) is 5.92 Å². The number of nitrogens with zero attached hydrogens (tertiary/aromatic N) is 3. The van der Waals surface area contributed by atoms with E-state index in [4.69, 9.17) is 5.11 Å². The minimum Gasteiger partial charge on any atom is -0.478 e. The number of carboxylic acids is 1. The fraction of sp³-hybridized carbons (Fsp3) is 0.455. The summed E-state index contributed by atoms with van der Waals surface area (Å²) >= 11 is 0. The molecule has 1 N–H and O–H groups in total. The smallest absolute Gasteiger partial charge is 0.335 e. The van der Waals surface area contributed by atoms with Gasteiger partial charge in [-0.2, -0.15) is 0 Å². The number of likely N-dealkylation sites (tertiary alicyclic amines) is 1. The fourth-order valence-electron chi connectivity index (χ4n) is 3.64. The monoisotopic (exact) mass is 381 g/mol. The van der Waals surface area contributed by atoms with Crippen molar-refractivity contribution in [1.82, 2.24) is 14.9 Å². The summed E-state index contributed by atoms with van der Waals surface area (Å²) in [6, 6.07) is 8.65. The zero-order valence-corrected chi connectivity index (χ0v) is 16.7. The van der Waals surface area contributed by atoms with E-state index in [0.717, 1.165) is 49.3 Å². The van der Waals surface area contributed by atoms with Crippen molar-refractivity contribution in [2.75, 3.05) is 13.1 Å². The zero-order chi connectivity index (χ0) is 20.3. The molecule has 0 radical (unpaired) electrons. The SMILES string of the molecule is CC(C)(C)C(=O)N1CCC[C@H](Cc2cc(-c3ccc(C(=O)O)cc3)ncn2)C1. The van der Waals surface area contributed by atoms with Crippen LogP contribution in [-0.2, 0) is 11.2 Å². The number of carbonyl (C=O) groups is 2. The van der Waals surface area contributed by atoms with Crippen molar-refractivity contribution in [3.05, 3.63) is 47.9 Å². The maximum absolute atomic E-state index is 12.6. The molecule has 1 atom stereocenters. The van der Waals surface area contributed by atoms with Gasteiger partial charge in [-0.05, 0) is 43.4 Å². The highest BCUT2D eigenvalue weighted by atomic mass is 16.4. The van der Waals surface area contributed by atoms with Gasteiger partial charge in [0, 0.05) is 29.8 Å². The molecule has 1 aliphatic heterocycles. The van der Waals surface area contributed by atoms with Crippen molar-refractivity contribution in [2.24, 2.45) is 11.3 Å². The number of carboxylic acid groups (broad SMARTS) is 1. The van der Waals surface area contributed by atoms with Gasteiger partial charge in [-0.15, -0.1) is 0 Å². The summed E-state index contributed by atoms with van der Waals surface area (Å²) in [6.07, 6.45) is 4.45. The standard InChI is InChI=1S/C22H27N3O3/c1-22(2,3)21(28)25-10-4-5-15(13-25)11-18-12-19(24-14-23-18)16-6-8-17(9-7-16)20(26)27/h6-9,12,14-15H,4-5,10-11,13H2,1-3H3,(H,26,27)/t15-/m1/s1. The van der Waals surface area contributed by atoms with Crippen molar-refractivity contribution >= 4 is 11.9 Å². The first-order valence-corrected chi connectivity index (χ1v) is 9.68. The molecule has 148 valence electrons. The Bertz CT molecular complexity index is 856. The van der Waals surface area contributed by atoms with Crippen LogP contribution in [0.15, 0.2) is 36.7 Å². The Morgan fingerprint density at radius 2 is 1.89 bits per heavy atom. The number of piperidine rings is 1. The molecular weight excluding hydrogens is 354 g/mol. The summed E-state index contributed by atoms with van der Waals surface area (Å²) in [5.41, 5.74) is 2.49. The van der Waals surface area contributed by atoms with Crippen LogP contribution in [0.4, 0.5) is 0 Å². The molecule has 1 fully saturated rings. The number of amides is 1. The Hall–Kier alpha value is -2.76. The lowest BCUT2D eigenvalue weighted by molar-refractivity contribution is -0.141. The molecule has 28 heavy (non-hydrogen) atoms. The van der Waals surface area contributed by atoms with E-state index < -0.39 is 5.97 Å². The van der Waals surface area contributed by atoms with Crippen molar-refractivity contribution in [1.29, 1.82) is 0 Å². The second kappa shape index (κ2) is 8.09. The Balaban J connectivity index is 1.70. The average Bonchev–Trinajstić information content (AvgIpc) is 2.67. The second-order valence-corrected chi connectivity index (χ2v) is 8.49. The molecule has 6 heteroatoms. The summed E-state index contributed by atoms with van der Waals surface area (Å²) in [7, 11) is 0. The first-order chi connectivity index (χ1) is 13.2. The number of aromatic nitrogens is 2. The topological polar surface area (TPSA) is 83.4 Å². The van der Waals surface area contributed by atoms with Gasteiger partial charge < -0.3 is 10.0 Å². The predicted molar refractivity (Wildman–Crippen MR) is 107 cm³/mol. The summed E-state index contributed by atoms with van der Waals surface area (Å²) in [6.45, 7) is 7.49. The molecule has 3 rings (SSSR count). The molecule has 1 aromatic carbocycles. The van der Waals surface area contributed by atoms with Gasteiger partial charge in [0.15, 0.2) is 0 Å². The van der Waals surface area contributed by atoms with E-state index in [2.05, 4.69) is 9.97 Å². The van der Waals surface area contributed by atoms with Crippen LogP contribution in [0.25, 0.3) is 11.3 Å². The van der Waals surface area contributed by atoms with Gasteiger partial charge in [-0.1, -0.05) is 32.9 Å². The molecule has 1 amide bonds. The minimum atomic E-state index is -0.943. The van der Waals surface area contributed by atoms with Crippen LogP contribution in [0, 0.1) is 11.3 Å². The van der Waals surface area contributed by atoms with Gasteiger partial charge in [0.25, 0.3) is 0 Å². The molecule has 1 aliphatic rings. The Kier molecular flexibility index (Phi) is 5.77. The van der Waals surface area contributed by atoms with Gasteiger partial charge in [-0.25, -0.2) is 14.8 Å². The van der Waals surface area contributed by atoms with E-state index in [9.17, 15) is 9.59 Å². The molecule has 0 saturated carbocycles. The Morgan fingerprint density at radius 3 is 2.54 bits per heavy atom. The van der Waals surface area contributed by atoms with E-state index in [1.54, 1.807) is 30.6 Å². The second-order valence-electron chi connectivity index (χ2n) is 8.49. The summed E-state index contributed by atoms with van der Waals surface area (Å²) in [4.78, 5) is 34.3. The zero-order valence-electron chi connectivity index (χ0n) is 16.7. The molecule has 0 bridgehead atoms. The van der Waals surface area contributed by atoms with Crippen molar-refractivity contribution in [3.8, 4) is 11.3 Å². The Morgan fingerprint density at radius 1 is 1.18 bits per heavy atom. The van der Waals surface area contributed by atoms with Crippen molar-refractivity contribution in [3.63, 3.8) is 0 Å². The van der Waals surface area contributed by atoms with E-state index in [1.807, 2.05) is 31.7 Å². The number of aromatic carboxylic acids is 1. The van der Waals surface area contributed by atoms with Gasteiger partial charge in [0.2, 0.25) is 5.91 Å². The van der Waals surface area contributed by atoms with Crippen LogP contribution in [0.5, 0.6) is 0 Å². The number of carbonyl (C=O) groups excluding carboxylic acids is 1. The molecule has 1 saturated heterocycles. The number of rotatable bonds is 4. The molecule has 2 aromatic rings. The summed E-state index contributed by atoms with van der Waals surface area (Å²) in [5.74, 6) is -0.349. The van der Waals surface area contributed by atoms with Gasteiger partial charge >= 0.3 is 5.97 Å². The maximum Gasteiger partial charge on any atom is 0.335 e. The average molecular weight is 381 g/mol. The first-order valence-electron chi connectivity index (χ1n) is 9.68. The van der Waals surface area contributed by atoms with Crippen LogP contribution < -0.4 is 0 Å². The van der Waals surface area contributed by atoms with Crippen molar-refractivity contribution in [2.45, 2.75) is 40.0 Å². The maximum atomic E-state index is 12.6. The molecule has 0 aliphatic carbocycles. The van der Waals surface area contributed by atoms with Crippen LogP contribution in [-0.4, -0.2) is 44.9 Å². The highest BCUT2D eigenvalue weighted by Gasteiger charge is 2.31. The highest BCUT2D eigenvalue weighted by molar-refractivity contribution is 5.88. The van der Waals surface area contributed by atoms with E-state index in [1.165, 1.54) is 0 Å². The van der Waals surface area contributed by atoms with E-state index in [-0.39, 0.29) is 16.9 Å². The lowest BCUT2D eigenvalue weighted by Crippen LogP contribution is -2.45. The highest BCUT2D eigenvalue weighted by Crippen LogP contribution is 2.26. The third-order valence-corrected chi connectivity index (χ3v) is 5.10. The van der Waals surface area contributed by atoms with Crippen LogP contribution in [0.3, 0.4) is 0 Å². The molecule has 6 nitrogen and oxygen atoms in total. The normalized spacial score (nSPS) is 17.4. The van der Waals surface area contributed by atoms with Crippen LogP contribution in [0.2, 0.25) is 0 Å². The molecule has 0 unspecified atom stereocenters. The largest absolute Gasteiger partial charge is 0.478 e. The summed E-state index contributed by atoms with van der Waals surface area (Å²) in [5, 5.41) is 9.03. The van der Waals surface area contributed by atoms with Crippen molar-refractivity contribution < 1.29 is 14.7 Å². The molecule has 0 spiro atoms. The lowest BCUT2D eigenvalue weighted by atomic mass is 9.89. The number of hydrogen-bond acceptors (Lipinski definition) is 4. The van der Waals surface area contributed by atoms with E-state index >= 15 is 0 Å². The molecular formula is C22H27N3O3. The quantitative estimate of drug-likeness (QED) is 0.874. The summed E-state index contributed by atoms with van der Waals surface area (Å²) < 4.78 is 0.